The summed E-state index contributed by atoms with van der Waals surface area (Å²) in [5.41, 5.74) is -1.55. The maximum Gasteiger partial charge on any atom is 0.159 e. The molecule has 1 radical (unpaired) electrons. The minimum absolute atomic E-state index is 0.187. The fourth-order valence-corrected chi connectivity index (χ4v) is 4.14. The molecule has 3 saturated heterocycles. The van der Waals surface area contributed by atoms with Gasteiger partial charge in [0.25, 0.3) is 0 Å². The van der Waals surface area contributed by atoms with E-state index >= 15 is 0 Å². The maximum absolute atomic E-state index is 13.1. The summed E-state index contributed by atoms with van der Waals surface area (Å²) in [7, 11) is 0. The standard InChI is InChI=1S/C24H36NO5/c1-19(29-21-9-5-7-17-27-21)11-13-23(3)15-16-24(4,25(23)26)14-12-20(2)30-22-10-6-8-18-28-22/h19-22H,5-10,15-18H2,1-4H3. The van der Waals surface area contributed by atoms with Crippen molar-refractivity contribution in [2.24, 2.45) is 0 Å². The lowest BCUT2D eigenvalue weighted by atomic mass is 9.98. The average Bonchev–Trinajstić information content (AvgIpc) is 2.98. The SMILES string of the molecule is CC(C#CC1(C)CCC(C)(C#CC(C)OC2CCCCO2)N1[O])OC1CCCCO1. The third-order valence-corrected chi connectivity index (χ3v) is 6.07. The van der Waals surface area contributed by atoms with Crippen molar-refractivity contribution in [3.8, 4) is 23.7 Å². The number of ether oxygens (including phenoxy) is 4. The predicted octanol–water partition coefficient (Wildman–Crippen LogP) is 3.82. The van der Waals surface area contributed by atoms with Crippen LogP contribution in [-0.4, -0.2) is 54.1 Å². The second-order valence-electron chi connectivity index (χ2n) is 9.03. The summed E-state index contributed by atoms with van der Waals surface area (Å²) >= 11 is 0. The highest BCUT2D eigenvalue weighted by Gasteiger charge is 2.50. The van der Waals surface area contributed by atoms with Crippen molar-refractivity contribution in [3.63, 3.8) is 0 Å². The van der Waals surface area contributed by atoms with E-state index in [1.165, 1.54) is 0 Å². The van der Waals surface area contributed by atoms with Crippen LogP contribution in [0.1, 0.15) is 79.1 Å². The molecule has 0 aliphatic carbocycles. The molecule has 0 aromatic rings. The van der Waals surface area contributed by atoms with Crippen LogP contribution in [0, 0.1) is 23.7 Å². The summed E-state index contributed by atoms with van der Waals surface area (Å²) in [4.78, 5) is 0. The molecule has 3 rings (SSSR count). The number of hydroxylamine groups is 2. The van der Waals surface area contributed by atoms with Gasteiger partial charge in [0.2, 0.25) is 0 Å². The minimum atomic E-state index is -0.773. The molecular formula is C24H36NO5. The first-order valence-corrected chi connectivity index (χ1v) is 11.4. The normalized spacial score (nSPS) is 36.8. The van der Waals surface area contributed by atoms with Crippen LogP contribution in [-0.2, 0) is 24.2 Å². The second kappa shape index (κ2) is 10.5. The van der Waals surface area contributed by atoms with Gasteiger partial charge in [-0.05, 0) is 79.1 Å². The van der Waals surface area contributed by atoms with Crippen molar-refractivity contribution >= 4 is 0 Å². The lowest BCUT2D eigenvalue weighted by Gasteiger charge is -2.30. The van der Waals surface area contributed by atoms with Gasteiger partial charge in [0, 0.05) is 13.2 Å². The van der Waals surface area contributed by atoms with Gasteiger partial charge in [-0.1, -0.05) is 23.7 Å². The molecule has 6 nitrogen and oxygen atoms in total. The van der Waals surface area contributed by atoms with Gasteiger partial charge in [-0.15, -0.1) is 10.3 Å². The van der Waals surface area contributed by atoms with E-state index in [0.717, 1.165) is 56.8 Å². The smallest absolute Gasteiger partial charge is 0.159 e. The quantitative estimate of drug-likeness (QED) is 0.650. The van der Waals surface area contributed by atoms with E-state index in [0.29, 0.717) is 12.8 Å². The average molecular weight is 419 g/mol. The van der Waals surface area contributed by atoms with Crippen molar-refractivity contribution in [3.05, 3.63) is 0 Å². The summed E-state index contributed by atoms with van der Waals surface area (Å²) in [5.74, 6) is 12.6. The maximum atomic E-state index is 13.1. The Bertz CT molecular complexity index is 621. The van der Waals surface area contributed by atoms with Crippen LogP contribution >= 0.6 is 0 Å². The molecular weight excluding hydrogens is 382 g/mol. The molecule has 3 aliphatic heterocycles. The molecule has 3 aliphatic rings. The largest absolute Gasteiger partial charge is 0.353 e. The molecule has 3 heterocycles. The van der Waals surface area contributed by atoms with Crippen LogP contribution in [0.3, 0.4) is 0 Å². The number of rotatable bonds is 4. The molecule has 0 aromatic heterocycles. The Morgan fingerprint density at radius 3 is 1.63 bits per heavy atom. The summed E-state index contributed by atoms with van der Waals surface area (Å²) in [6.07, 6.45) is 6.60. The summed E-state index contributed by atoms with van der Waals surface area (Å²) in [6.45, 7) is 9.07. The third-order valence-electron chi connectivity index (χ3n) is 6.07. The van der Waals surface area contributed by atoms with E-state index in [1.807, 2.05) is 27.7 Å². The second-order valence-corrected chi connectivity index (χ2v) is 9.03. The molecule has 6 heteroatoms. The minimum Gasteiger partial charge on any atom is -0.353 e. The first kappa shape index (κ1) is 23.5. The van der Waals surface area contributed by atoms with Crippen molar-refractivity contribution < 1.29 is 24.2 Å². The van der Waals surface area contributed by atoms with E-state index in [1.54, 1.807) is 0 Å². The van der Waals surface area contributed by atoms with E-state index in [2.05, 4.69) is 23.7 Å². The molecule has 6 unspecified atom stereocenters. The Morgan fingerprint density at radius 1 is 0.833 bits per heavy atom. The Kier molecular flexibility index (Phi) is 8.21. The van der Waals surface area contributed by atoms with Crippen LogP contribution in [0.4, 0.5) is 0 Å². The lowest BCUT2D eigenvalue weighted by Crippen LogP contribution is -2.47. The van der Waals surface area contributed by atoms with Crippen molar-refractivity contribution in [1.29, 1.82) is 0 Å². The predicted molar refractivity (Wildman–Crippen MR) is 112 cm³/mol. The van der Waals surface area contributed by atoms with Crippen LogP contribution < -0.4 is 0 Å². The van der Waals surface area contributed by atoms with Gasteiger partial charge in [-0.25, -0.2) is 0 Å². The van der Waals surface area contributed by atoms with Gasteiger partial charge >= 0.3 is 0 Å². The first-order valence-electron chi connectivity index (χ1n) is 11.4. The molecule has 0 saturated carbocycles. The van der Waals surface area contributed by atoms with E-state index < -0.39 is 11.1 Å². The van der Waals surface area contributed by atoms with Crippen LogP contribution in [0.5, 0.6) is 0 Å². The van der Waals surface area contributed by atoms with Crippen LogP contribution in [0.25, 0.3) is 0 Å². The number of nitrogens with zero attached hydrogens (tertiary/aromatic N) is 1. The Hall–Kier alpha value is -1.12. The van der Waals surface area contributed by atoms with Crippen molar-refractivity contribution in [2.75, 3.05) is 13.2 Å². The molecule has 3 fully saturated rings. The Morgan fingerprint density at radius 2 is 1.27 bits per heavy atom. The van der Waals surface area contributed by atoms with Gasteiger partial charge in [-0.3, -0.25) is 0 Å². The third kappa shape index (κ3) is 6.20. The molecule has 30 heavy (non-hydrogen) atoms. The molecule has 0 aromatic carbocycles. The zero-order valence-corrected chi connectivity index (χ0v) is 18.9. The van der Waals surface area contributed by atoms with E-state index in [9.17, 15) is 5.21 Å². The zero-order valence-electron chi connectivity index (χ0n) is 18.9. The fourth-order valence-electron chi connectivity index (χ4n) is 4.14. The molecule has 6 atom stereocenters. The zero-order chi connectivity index (χ0) is 21.6. The molecule has 0 spiro atoms. The highest BCUT2D eigenvalue weighted by Crippen LogP contribution is 2.39. The first-order chi connectivity index (χ1) is 14.3. The Balaban J connectivity index is 1.56. The monoisotopic (exact) mass is 418 g/mol. The highest BCUT2D eigenvalue weighted by molar-refractivity contribution is 5.29. The van der Waals surface area contributed by atoms with E-state index in [4.69, 9.17) is 18.9 Å². The molecule has 0 N–H and O–H groups in total. The lowest BCUT2D eigenvalue weighted by molar-refractivity contribution is -0.224. The van der Waals surface area contributed by atoms with Crippen LogP contribution in [0.15, 0.2) is 0 Å². The summed E-state index contributed by atoms with van der Waals surface area (Å²) in [6, 6.07) is 0. The molecule has 167 valence electrons. The number of hydrogen-bond donors (Lipinski definition) is 0. The van der Waals surface area contributed by atoms with E-state index in [-0.39, 0.29) is 24.8 Å². The van der Waals surface area contributed by atoms with Gasteiger partial charge < -0.3 is 18.9 Å². The van der Waals surface area contributed by atoms with Gasteiger partial charge in [0.15, 0.2) is 12.6 Å². The van der Waals surface area contributed by atoms with Gasteiger partial charge in [0.05, 0.1) is 0 Å². The van der Waals surface area contributed by atoms with Crippen molar-refractivity contribution in [2.45, 2.75) is 115 Å². The summed E-state index contributed by atoms with van der Waals surface area (Å²) in [5, 5.41) is 14.2. The Labute approximate surface area is 181 Å². The van der Waals surface area contributed by atoms with Crippen molar-refractivity contribution in [1.82, 2.24) is 5.06 Å². The van der Waals surface area contributed by atoms with Crippen LogP contribution in [0.2, 0.25) is 0 Å². The van der Waals surface area contributed by atoms with Gasteiger partial charge in [0.1, 0.15) is 23.3 Å². The topological polar surface area (TPSA) is 60.1 Å². The molecule has 0 bridgehead atoms. The number of hydrogen-bond acceptors (Lipinski definition) is 5. The van der Waals surface area contributed by atoms with Gasteiger partial charge in [-0.2, -0.15) is 0 Å². The molecule has 0 amide bonds. The fraction of sp³-hybridized carbons (Fsp3) is 0.833. The highest BCUT2D eigenvalue weighted by atomic mass is 16.7. The summed E-state index contributed by atoms with van der Waals surface area (Å²) < 4.78 is 22.9.